The van der Waals surface area contributed by atoms with Gasteiger partial charge in [0.1, 0.15) is 0 Å². The minimum atomic E-state index is -3.25. The molecule has 0 saturated heterocycles. The first kappa shape index (κ1) is 17.2. The van der Waals surface area contributed by atoms with E-state index in [0.29, 0.717) is 11.5 Å². The number of rotatable bonds is 5. The fourth-order valence-corrected chi connectivity index (χ4v) is 4.76. The molecule has 4 nitrogen and oxygen atoms in total. The lowest BCUT2D eigenvalue weighted by Gasteiger charge is -2.24. The summed E-state index contributed by atoms with van der Waals surface area (Å²) in [5.74, 6) is 0.322. The second-order valence-electron chi connectivity index (χ2n) is 6.31. The Balaban J connectivity index is 1.78. The number of hydrogen-bond donors (Lipinski definition) is 1. The molecule has 6 heteroatoms. The summed E-state index contributed by atoms with van der Waals surface area (Å²) in [7, 11) is -3.25. The van der Waals surface area contributed by atoms with Crippen LogP contribution in [0.15, 0.2) is 46.7 Å². The Bertz CT molecular complexity index is 789. The van der Waals surface area contributed by atoms with Gasteiger partial charge < -0.3 is 5.32 Å². The van der Waals surface area contributed by atoms with Crippen LogP contribution in [0.3, 0.4) is 0 Å². The Morgan fingerprint density at radius 3 is 2.38 bits per heavy atom. The van der Waals surface area contributed by atoms with Gasteiger partial charge in [0.25, 0.3) is 5.91 Å². The van der Waals surface area contributed by atoms with Crippen molar-refractivity contribution in [1.82, 2.24) is 5.32 Å². The van der Waals surface area contributed by atoms with E-state index >= 15 is 0 Å². The van der Waals surface area contributed by atoms with E-state index in [1.54, 1.807) is 23.5 Å². The number of sulfone groups is 1. The Hall–Kier alpha value is -1.66. The van der Waals surface area contributed by atoms with Crippen molar-refractivity contribution >= 4 is 27.1 Å². The summed E-state index contributed by atoms with van der Waals surface area (Å²) in [6.07, 6.45) is 5.86. The molecule has 1 aliphatic carbocycles. The predicted octanol–water partition coefficient (Wildman–Crippen LogP) is 3.81. The summed E-state index contributed by atoms with van der Waals surface area (Å²) in [6, 6.07) is 10.2. The summed E-state index contributed by atoms with van der Waals surface area (Å²) in [5, 5.41) is 5.19. The van der Waals surface area contributed by atoms with E-state index in [4.69, 9.17) is 0 Å². The van der Waals surface area contributed by atoms with Crippen LogP contribution in [0.1, 0.15) is 47.0 Å². The molecule has 3 rings (SSSR count). The van der Waals surface area contributed by atoms with Crippen LogP contribution in [0.5, 0.6) is 0 Å². The lowest BCUT2D eigenvalue weighted by molar-refractivity contribution is 0.0922. The normalized spacial score (nSPS) is 16.9. The van der Waals surface area contributed by atoms with Gasteiger partial charge in [-0.15, -0.1) is 11.3 Å². The molecule has 1 atom stereocenters. The van der Waals surface area contributed by atoms with E-state index in [1.807, 2.05) is 11.4 Å². The van der Waals surface area contributed by atoms with Gasteiger partial charge in [-0.1, -0.05) is 18.9 Å². The van der Waals surface area contributed by atoms with Crippen molar-refractivity contribution in [3.63, 3.8) is 0 Å². The van der Waals surface area contributed by atoms with E-state index in [2.05, 4.69) is 11.4 Å². The molecule has 1 aromatic carbocycles. The standard InChI is InChI=1S/C18H21NO3S2/c1-24(21,22)15-10-8-14(9-11-15)18(20)19-17(13-5-2-3-6-13)16-7-4-12-23-16/h4,7-13,17H,2-3,5-6H2,1H3,(H,19,20)/t17-/m0/s1. The average Bonchev–Trinajstić information content (AvgIpc) is 3.25. The van der Waals surface area contributed by atoms with Gasteiger partial charge in [-0.2, -0.15) is 0 Å². The molecule has 0 bridgehead atoms. The molecule has 1 heterocycles. The Kier molecular flexibility index (Phi) is 5.06. The summed E-state index contributed by atoms with van der Waals surface area (Å²) in [6.45, 7) is 0. The molecule has 2 aromatic rings. The zero-order valence-electron chi connectivity index (χ0n) is 13.6. The molecule has 0 radical (unpaired) electrons. The topological polar surface area (TPSA) is 63.2 Å². The third-order valence-corrected chi connectivity index (χ3v) is 6.64. The van der Waals surface area contributed by atoms with Crippen molar-refractivity contribution in [3.8, 4) is 0 Å². The van der Waals surface area contributed by atoms with E-state index < -0.39 is 9.84 Å². The highest BCUT2D eigenvalue weighted by molar-refractivity contribution is 7.90. The number of nitrogens with one attached hydrogen (secondary N) is 1. The molecule has 0 spiro atoms. The van der Waals surface area contributed by atoms with Gasteiger partial charge in [0, 0.05) is 16.7 Å². The van der Waals surface area contributed by atoms with Crippen molar-refractivity contribution in [2.24, 2.45) is 5.92 Å². The largest absolute Gasteiger partial charge is 0.344 e. The second-order valence-corrected chi connectivity index (χ2v) is 9.30. The van der Waals surface area contributed by atoms with E-state index in [1.165, 1.54) is 29.9 Å². The maximum atomic E-state index is 12.6. The number of hydrogen-bond acceptors (Lipinski definition) is 4. The number of carbonyl (C=O) groups excluding carboxylic acids is 1. The molecule has 1 aromatic heterocycles. The summed E-state index contributed by atoms with van der Waals surface area (Å²) in [4.78, 5) is 14.0. The van der Waals surface area contributed by atoms with Crippen molar-refractivity contribution in [2.45, 2.75) is 36.6 Å². The Morgan fingerprint density at radius 2 is 1.83 bits per heavy atom. The fraction of sp³-hybridized carbons (Fsp3) is 0.389. The molecule has 1 saturated carbocycles. The van der Waals surface area contributed by atoms with Gasteiger partial charge in [-0.3, -0.25) is 4.79 Å². The van der Waals surface area contributed by atoms with E-state index in [-0.39, 0.29) is 16.8 Å². The first-order valence-electron chi connectivity index (χ1n) is 8.09. The summed E-state index contributed by atoms with van der Waals surface area (Å²) >= 11 is 1.67. The molecule has 0 aliphatic heterocycles. The van der Waals surface area contributed by atoms with Crippen LogP contribution in [0, 0.1) is 5.92 Å². The molecular formula is C18H21NO3S2. The number of carbonyl (C=O) groups is 1. The molecular weight excluding hydrogens is 342 g/mol. The van der Waals surface area contributed by atoms with Crippen molar-refractivity contribution in [2.75, 3.05) is 6.26 Å². The smallest absolute Gasteiger partial charge is 0.251 e. The van der Waals surface area contributed by atoms with Gasteiger partial charge in [0.15, 0.2) is 9.84 Å². The highest BCUT2D eigenvalue weighted by Gasteiger charge is 2.28. The van der Waals surface area contributed by atoms with Crippen LogP contribution in [-0.2, 0) is 9.84 Å². The minimum absolute atomic E-state index is 0.0367. The van der Waals surface area contributed by atoms with Crippen LogP contribution >= 0.6 is 11.3 Å². The lowest BCUT2D eigenvalue weighted by Crippen LogP contribution is -2.32. The summed E-state index contributed by atoms with van der Waals surface area (Å²) < 4.78 is 23.0. The predicted molar refractivity (Wildman–Crippen MR) is 96.0 cm³/mol. The first-order valence-corrected chi connectivity index (χ1v) is 10.9. The molecule has 1 fully saturated rings. The van der Waals surface area contributed by atoms with Crippen LogP contribution in [0.2, 0.25) is 0 Å². The second kappa shape index (κ2) is 7.07. The van der Waals surface area contributed by atoms with Crippen LogP contribution in [0.25, 0.3) is 0 Å². The molecule has 24 heavy (non-hydrogen) atoms. The maximum Gasteiger partial charge on any atom is 0.251 e. The van der Waals surface area contributed by atoms with Gasteiger partial charge in [-0.05, 0) is 54.5 Å². The first-order chi connectivity index (χ1) is 11.4. The van der Waals surface area contributed by atoms with Gasteiger partial charge in [-0.25, -0.2) is 8.42 Å². The molecule has 1 amide bonds. The number of thiophene rings is 1. The van der Waals surface area contributed by atoms with Gasteiger partial charge in [0.2, 0.25) is 0 Å². The molecule has 128 valence electrons. The van der Waals surface area contributed by atoms with E-state index in [0.717, 1.165) is 19.1 Å². The van der Waals surface area contributed by atoms with Crippen LogP contribution in [-0.4, -0.2) is 20.6 Å². The van der Waals surface area contributed by atoms with Crippen molar-refractivity contribution < 1.29 is 13.2 Å². The zero-order valence-corrected chi connectivity index (χ0v) is 15.2. The monoisotopic (exact) mass is 363 g/mol. The highest BCUT2D eigenvalue weighted by atomic mass is 32.2. The van der Waals surface area contributed by atoms with Crippen molar-refractivity contribution in [1.29, 1.82) is 0 Å². The zero-order chi connectivity index (χ0) is 17.2. The third-order valence-electron chi connectivity index (χ3n) is 4.55. The average molecular weight is 364 g/mol. The minimum Gasteiger partial charge on any atom is -0.344 e. The maximum absolute atomic E-state index is 12.6. The van der Waals surface area contributed by atoms with Crippen LogP contribution < -0.4 is 5.32 Å². The lowest BCUT2D eigenvalue weighted by atomic mass is 9.96. The number of benzene rings is 1. The Morgan fingerprint density at radius 1 is 1.17 bits per heavy atom. The molecule has 1 N–H and O–H groups in total. The van der Waals surface area contributed by atoms with Gasteiger partial charge in [0.05, 0.1) is 10.9 Å². The molecule has 1 aliphatic rings. The SMILES string of the molecule is CS(=O)(=O)c1ccc(C(=O)N[C@H](c2cccs2)C2CCCC2)cc1. The molecule has 0 unspecified atom stereocenters. The third kappa shape index (κ3) is 3.87. The van der Waals surface area contributed by atoms with Crippen molar-refractivity contribution in [3.05, 3.63) is 52.2 Å². The summed E-state index contributed by atoms with van der Waals surface area (Å²) in [5.41, 5.74) is 0.488. The van der Waals surface area contributed by atoms with E-state index in [9.17, 15) is 13.2 Å². The van der Waals surface area contributed by atoms with Gasteiger partial charge >= 0.3 is 0 Å². The quantitative estimate of drug-likeness (QED) is 0.878. The Labute approximate surface area is 146 Å². The van der Waals surface area contributed by atoms with Crippen LogP contribution in [0.4, 0.5) is 0 Å². The fourth-order valence-electron chi connectivity index (χ4n) is 3.26. The highest BCUT2D eigenvalue weighted by Crippen LogP contribution is 2.37. The number of amides is 1.